The van der Waals surface area contributed by atoms with Crippen molar-refractivity contribution in [2.45, 2.75) is 19.4 Å². The van der Waals surface area contributed by atoms with Gasteiger partial charge in [-0.25, -0.2) is 0 Å². The third-order valence-corrected chi connectivity index (χ3v) is 3.59. The number of hydrogen-bond donors (Lipinski definition) is 0. The van der Waals surface area contributed by atoms with E-state index < -0.39 is 16.0 Å². The minimum Gasteiger partial charge on any atom is -0.381 e. The molecule has 1 aromatic rings. The lowest BCUT2D eigenvalue weighted by Crippen LogP contribution is -2.22. The van der Waals surface area contributed by atoms with Crippen LogP contribution in [0.25, 0.3) is 0 Å². The molecule has 98 valence electrons. The van der Waals surface area contributed by atoms with Gasteiger partial charge >= 0.3 is 5.69 Å². The Hall–Kier alpha value is -1.21. The molecule has 1 aromatic heterocycles. The van der Waals surface area contributed by atoms with Crippen molar-refractivity contribution in [3.63, 3.8) is 0 Å². The highest BCUT2D eigenvalue weighted by Gasteiger charge is 2.19. The molecule has 0 saturated carbocycles. The zero-order valence-electron chi connectivity index (χ0n) is 9.67. The average molecular weight is 317 g/mol. The molecule has 0 N–H and O–H groups in total. The first-order chi connectivity index (χ1) is 8.58. The first-order valence-electron chi connectivity index (χ1n) is 5.69. The van der Waals surface area contributed by atoms with Crippen molar-refractivity contribution in [1.82, 2.24) is 4.57 Å². The maximum atomic E-state index is 11.5. The molecule has 1 aliphatic rings. The lowest BCUT2D eigenvalue weighted by Gasteiger charge is -2.22. The predicted octanol–water partition coefficient (Wildman–Crippen LogP) is 1.95. The monoisotopic (exact) mass is 316 g/mol. The number of ether oxygens (including phenoxy) is 1. The van der Waals surface area contributed by atoms with Crippen molar-refractivity contribution in [2.24, 2.45) is 5.92 Å². The second-order valence-electron chi connectivity index (χ2n) is 4.33. The number of halogens is 1. The predicted molar refractivity (Wildman–Crippen MR) is 68.6 cm³/mol. The lowest BCUT2D eigenvalue weighted by atomic mass is 10.0. The maximum absolute atomic E-state index is 11.5. The minimum absolute atomic E-state index is 0.226. The molecule has 0 unspecified atom stereocenters. The summed E-state index contributed by atoms with van der Waals surface area (Å²) in [6, 6.07) is 0. The van der Waals surface area contributed by atoms with Gasteiger partial charge in [0.05, 0.1) is 15.6 Å². The van der Waals surface area contributed by atoms with Crippen LogP contribution in [0.4, 0.5) is 5.69 Å². The van der Waals surface area contributed by atoms with E-state index in [1.165, 1.54) is 6.20 Å². The molecule has 1 aliphatic heterocycles. The van der Waals surface area contributed by atoms with E-state index in [0.717, 1.165) is 26.1 Å². The van der Waals surface area contributed by atoms with Crippen LogP contribution in [0.15, 0.2) is 21.7 Å². The van der Waals surface area contributed by atoms with Gasteiger partial charge in [-0.15, -0.1) is 0 Å². The van der Waals surface area contributed by atoms with E-state index in [0.29, 0.717) is 12.5 Å². The second-order valence-corrected chi connectivity index (χ2v) is 5.18. The highest BCUT2D eigenvalue weighted by molar-refractivity contribution is 9.10. The fraction of sp³-hybridized carbons (Fsp3) is 0.545. The summed E-state index contributed by atoms with van der Waals surface area (Å²) in [5.41, 5.74) is -0.973. The number of pyridine rings is 1. The molecule has 0 atom stereocenters. The Morgan fingerprint density at radius 2 is 2.11 bits per heavy atom. The van der Waals surface area contributed by atoms with Crippen LogP contribution in [0.1, 0.15) is 12.8 Å². The van der Waals surface area contributed by atoms with Crippen molar-refractivity contribution in [1.29, 1.82) is 0 Å². The van der Waals surface area contributed by atoms with E-state index in [9.17, 15) is 14.9 Å². The highest BCUT2D eigenvalue weighted by atomic mass is 79.9. The number of aromatic nitrogens is 1. The van der Waals surface area contributed by atoms with Gasteiger partial charge in [0.15, 0.2) is 0 Å². The summed E-state index contributed by atoms with van der Waals surface area (Å²) in [6.07, 6.45) is 4.79. The van der Waals surface area contributed by atoms with Crippen LogP contribution >= 0.6 is 15.9 Å². The second kappa shape index (κ2) is 5.62. The zero-order valence-corrected chi connectivity index (χ0v) is 11.3. The molecule has 0 aliphatic carbocycles. The summed E-state index contributed by atoms with van der Waals surface area (Å²) in [5, 5.41) is 10.8. The highest BCUT2D eigenvalue weighted by Crippen LogP contribution is 2.19. The maximum Gasteiger partial charge on any atom is 0.333 e. The van der Waals surface area contributed by atoms with Gasteiger partial charge < -0.3 is 9.30 Å². The van der Waals surface area contributed by atoms with Crippen LogP contribution in [0.5, 0.6) is 0 Å². The molecule has 6 nitrogen and oxygen atoms in total. The topological polar surface area (TPSA) is 74.4 Å². The smallest absolute Gasteiger partial charge is 0.333 e. The van der Waals surface area contributed by atoms with E-state index in [1.54, 1.807) is 10.8 Å². The SMILES string of the molecule is O=c1c(Br)cn(CC2CCOCC2)cc1[N+](=O)[O-]. The van der Waals surface area contributed by atoms with Gasteiger partial charge in [0, 0.05) is 26.0 Å². The van der Waals surface area contributed by atoms with Crippen LogP contribution in [0, 0.1) is 16.0 Å². The molecule has 1 fully saturated rings. The van der Waals surface area contributed by atoms with Gasteiger partial charge in [0.2, 0.25) is 0 Å². The average Bonchev–Trinajstić information content (AvgIpc) is 2.34. The van der Waals surface area contributed by atoms with Crippen LogP contribution in [0.2, 0.25) is 0 Å². The molecule has 0 aromatic carbocycles. The first kappa shape index (κ1) is 13.2. The quantitative estimate of drug-likeness (QED) is 0.631. The summed E-state index contributed by atoms with van der Waals surface area (Å²) >= 11 is 3.07. The molecule has 0 amide bonds. The van der Waals surface area contributed by atoms with Crippen molar-refractivity contribution in [3.05, 3.63) is 37.2 Å². The van der Waals surface area contributed by atoms with Crippen LogP contribution in [0.3, 0.4) is 0 Å². The molecule has 2 heterocycles. The molecule has 1 saturated heterocycles. The molecule has 2 rings (SSSR count). The molecule has 18 heavy (non-hydrogen) atoms. The number of hydrogen-bond acceptors (Lipinski definition) is 4. The summed E-state index contributed by atoms with van der Waals surface area (Å²) in [4.78, 5) is 21.7. The van der Waals surface area contributed by atoms with Crippen LogP contribution < -0.4 is 5.43 Å². The molecular formula is C11H13BrN2O4. The van der Waals surface area contributed by atoms with E-state index in [-0.39, 0.29) is 4.47 Å². The third kappa shape index (κ3) is 2.97. The normalized spacial score (nSPS) is 16.7. The standard InChI is InChI=1S/C11H13BrN2O4/c12-9-6-13(5-8-1-3-18-4-2-8)7-10(11(9)15)14(16)17/h6-8H,1-5H2. The number of nitrogens with zero attached hydrogens (tertiary/aromatic N) is 2. The largest absolute Gasteiger partial charge is 0.381 e. The van der Waals surface area contributed by atoms with Gasteiger partial charge in [-0.1, -0.05) is 0 Å². The van der Waals surface area contributed by atoms with Gasteiger partial charge in [-0.2, -0.15) is 0 Å². The van der Waals surface area contributed by atoms with Crippen molar-refractivity contribution in [2.75, 3.05) is 13.2 Å². The molecule has 0 bridgehead atoms. The Balaban J connectivity index is 2.22. The molecule has 0 radical (unpaired) electrons. The zero-order chi connectivity index (χ0) is 13.1. The van der Waals surface area contributed by atoms with E-state index >= 15 is 0 Å². The van der Waals surface area contributed by atoms with E-state index in [1.807, 2.05) is 0 Å². The van der Waals surface area contributed by atoms with Crippen molar-refractivity contribution >= 4 is 21.6 Å². The first-order valence-corrected chi connectivity index (χ1v) is 6.49. The Morgan fingerprint density at radius 3 is 2.72 bits per heavy atom. The van der Waals surface area contributed by atoms with E-state index in [4.69, 9.17) is 4.74 Å². The van der Waals surface area contributed by atoms with Crippen molar-refractivity contribution in [3.8, 4) is 0 Å². The third-order valence-electron chi connectivity index (χ3n) is 3.02. The van der Waals surface area contributed by atoms with E-state index in [2.05, 4.69) is 15.9 Å². The Kier molecular flexibility index (Phi) is 4.13. The van der Waals surface area contributed by atoms with Gasteiger partial charge in [-0.3, -0.25) is 14.9 Å². The van der Waals surface area contributed by atoms with Gasteiger partial charge in [0.1, 0.15) is 0 Å². The Morgan fingerprint density at radius 1 is 1.44 bits per heavy atom. The number of nitro groups is 1. The summed E-state index contributed by atoms with van der Waals surface area (Å²) in [5.74, 6) is 0.438. The van der Waals surface area contributed by atoms with Gasteiger partial charge in [-0.05, 0) is 34.7 Å². The summed E-state index contributed by atoms with van der Waals surface area (Å²) < 4.78 is 7.20. The van der Waals surface area contributed by atoms with Crippen LogP contribution in [-0.4, -0.2) is 22.7 Å². The molecular weight excluding hydrogens is 304 g/mol. The molecule has 7 heteroatoms. The number of rotatable bonds is 3. The fourth-order valence-electron chi connectivity index (χ4n) is 2.04. The fourth-order valence-corrected chi connectivity index (χ4v) is 2.51. The minimum atomic E-state index is -0.645. The summed E-state index contributed by atoms with van der Waals surface area (Å²) in [6.45, 7) is 2.13. The van der Waals surface area contributed by atoms with Gasteiger partial charge in [0.25, 0.3) is 5.43 Å². The van der Waals surface area contributed by atoms with Crippen molar-refractivity contribution < 1.29 is 9.66 Å². The summed E-state index contributed by atoms with van der Waals surface area (Å²) in [7, 11) is 0. The molecule has 0 spiro atoms. The van der Waals surface area contributed by atoms with Crippen LogP contribution in [-0.2, 0) is 11.3 Å². The Labute approximate surface area is 112 Å². The Bertz CT molecular complexity index is 508. The lowest BCUT2D eigenvalue weighted by molar-refractivity contribution is -0.386.